The second-order valence-electron chi connectivity index (χ2n) is 4.49. The summed E-state index contributed by atoms with van der Waals surface area (Å²) >= 11 is 0. The van der Waals surface area contributed by atoms with E-state index in [2.05, 4.69) is 36.8 Å². The molecule has 2 nitrogen and oxygen atoms in total. The molecule has 0 N–H and O–H groups in total. The number of hydrogen-bond donors (Lipinski definition) is 0. The molecule has 0 aliphatic carbocycles. The number of aromatic nitrogens is 2. The number of fused-ring (bicyclic) bond motifs is 1. The van der Waals surface area contributed by atoms with Crippen molar-refractivity contribution in [3.05, 3.63) is 36.2 Å². The first-order valence-electron chi connectivity index (χ1n) is 4.80. The molecule has 2 rings (SSSR count). The maximum Gasteiger partial charge on any atom is 0.0890 e. The van der Waals surface area contributed by atoms with E-state index in [-0.39, 0.29) is 5.41 Å². The summed E-state index contributed by atoms with van der Waals surface area (Å²) in [6.07, 6.45) is 1.79. The van der Waals surface area contributed by atoms with Crippen molar-refractivity contribution in [2.24, 2.45) is 0 Å². The van der Waals surface area contributed by atoms with E-state index in [0.717, 1.165) is 16.7 Å². The smallest absolute Gasteiger partial charge is 0.0890 e. The average molecular weight is 186 g/mol. The fraction of sp³-hybridized carbons (Fsp3) is 0.333. The standard InChI is InChI=1S/C12H14N2/c1-12(2,3)11-7-6-9-10(14-11)5-4-8-13-9/h4-8H,1-3H3. The minimum atomic E-state index is 0.101. The Labute approximate surface area is 84.0 Å². The van der Waals surface area contributed by atoms with Crippen LogP contribution in [-0.4, -0.2) is 9.97 Å². The van der Waals surface area contributed by atoms with E-state index >= 15 is 0 Å². The van der Waals surface area contributed by atoms with E-state index in [9.17, 15) is 0 Å². The van der Waals surface area contributed by atoms with E-state index in [1.54, 1.807) is 6.20 Å². The third kappa shape index (κ3) is 1.60. The van der Waals surface area contributed by atoms with E-state index in [4.69, 9.17) is 0 Å². The lowest BCUT2D eigenvalue weighted by molar-refractivity contribution is 0.571. The van der Waals surface area contributed by atoms with E-state index in [1.165, 1.54) is 0 Å². The Kier molecular flexibility index (Phi) is 1.99. The molecular formula is C12H14N2. The monoisotopic (exact) mass is 186 g/mol. The first-order chi connectivity index (χ1) is 6.57. The van der Waals surface area contributed by atoms with Crippen LogP contribution in [-0.2, 0) is 5.41 Å². The normalized spacial score (nSPS) is 11.9. The van der Waals surface area contributed by atoms with Crippen LogP contribution < -0.4 is 0 Å². The number of nitrogens with zero attached hydrogens (tertiary/aromatic N) is 2. The van der Waals surface area contributed by atoms with Crippen molar-refractivity contribution in [3.63, 3.8) is 0 Å². The zero-order chi connectivity index (χ0) is 10.2. The molecule has 0 unspecified atom stereocenters. The Bertz CT molecular complexity index is 455. The molecule has 2 aromatic heterocycles. The van der Waals surface area contributed by atoms with Crippen LogP contribution in [0.5, 0.6) is 0 Å². The van der Waals surface area contributed by atoms with Crippen molar-refractivity contribution in [3.8, 4) is 0 Å². The van der Waals surface area contributed by atoms with Crippen molar-refractivity contribution >= 4 is 11.0 Å². The predicted octanol–water partition coefficient (Wildman–Crippen LogP) is 2.93. The molecule has 2 aromatic rings. The molecule has 2 heterocycles. The lowest BCUT2D eigenvalue weighted by atomic mass is 9.91. The number of hydrogen-bond acceptors (Lipinski definition) is 2. The summed E-state index contributed by atoms with van der Waals surface area (Å²) in [5.41, 5.74) is 3.14. The Morgan fingerprint density at radius 2 is 1.79 bits per heavy atom. The van der Waals surface area contributed by atoms with Gasteiger partial charge in [0, 0.05) is 17.3 Å². The summed E-state index contributed by atoms with van der Waals surface area (Å²) in [6, 6.07) is 8.00. The Hall–Kier alpha value is -1.44. The quantitative estimate of drug-likeness (QED) is 0.632. The van der Waals surface area contributed by atoms with Gasteiger partial charge in [0.15, 0.2) is 0 Å². The van der Waals surface area contributed by atoms with Crippen LogP contribution >= 0.6 is 0 Å². The minimum absolute atomic E-state index is 0.101. The van der Waals surface area contributed by atoms with Crippen molar-refractivity contribution in [2.75, 3.05) is 0 Å². The summed E-state index contributed by atoms with van der Waals surface area (Å²) < 4.78 is 0. The molecule has 0 bridgehead atoms. The van der Waals surface area contributed by atoms with Gasteiger partial charge in [0.1, 0.15) is 0 Å². The van der Waals surface area contributed by atoms with Gasteiger partial charge in [0.25, 0.3) is 0 Å². The van der Waals surface area contributed by atoms with Crippen LogP contribution in [0.4, 0.5) is 0 Å². The van der Waals surface area contributed by atoms with Crippen LogP contribution in [0.2, 0.25) is 0 Å². The largest absolute Gasteiger partial charge is 0.255 e. The fourth-order valence-corrected chi connectivity index (χ4v) is 1.37. The Morgan fingerprint density at radius 3 is 2.50 bits per heavy atom. The zero-order valence-corrected chi connectivity index (χ0v) is 8.78. The van der Waals surface area contributed by atoms with Gasteiger partial charge in [-0.15, -0.1) is 0 Å². The number of rotatable bonds is 0. The maximum absolute atomic E-state index is 4.58. The topological polar surface area (TPSA) is 25.8 Å². The third-order valence-electron chi connectivity index (χ3n) is 2.22. The molecule has 0 amide bonds. The fourth-order valence-electron chi connectivity index (χ4n) is 1.37. The lowest BCUT2D eigenvalue weighted by Crippen LogP contribution is -2.13. The van der Waals surface area contributed by atoms with Crippen molar-refractivity contribution in [2.45, 2.75) is 26.2 Å². The first-order valence-corrected chi connectivity index (χ1v) is 4.80. The van der Waals surface area contributed by atoms with Gasteiger partial charge in [0.05, 0.1) is 11.0 Å². The van der Waals surface area contributed by atoms with Crippen molar-refractivity contribution in [1.82, 2.24) is 9.97 Å². The van der Waals surface area contributed by atoms with Gasteiger partial charge in [0.2, 0.25) is 0 Å². The van der Waals surface area contributed by atoms with Crippen LogP contribution in [0.1, 0.15) is 26.5 Å². The molecule has 14 heavy (non-hydrogen) atoms. The van der Waals surface area contributed by atoms with Crippen molar-refractivity contribution in [1.29, 1.82) is 0 Å². The van der Waals surface area contributed by atoms with E-state index < -0.39 is 0 Å². The Morgan fingerprint density at radius 1 is 1.00 bits per heavy atom. The van der Waals surface area contributed by atoms with Gasteiger partial charge in [-0.3, -0.25) is 9.97 Å². The molecule has 0 fully saturated rings. The SMILES string of the molecule is CC(C)(C)c1ccc2ncccc2n1. The van der Waals surface area contributed by atoms with Crippen LogP contribution in [0, 0.1) is 0 Å². The predicted molar refractivity (Wildman–Crippen MR) is 58.2 cm³/mol. The second kappa shape index (κ2) is 3.05. The highest BCUT2D eigenvalue weighted by atomic mass is 14.8. The molecule has 0 aliphatic heterocycles. The van der Waals surface area contributed by atoms with E-state index in [0.29, 0.717) is 0 Å². The van der Waals surface area contributed by atoms with Gasteiger partial charge in [-0.2, -0.15) is 0 Å². The average Bonchev–Trinajstić information content (AvgIpc) is 2.16. The molecule has 72 valence electrons. The lowest BCUT2D eigenvalue weighted by Gasteiger charge is -2.17. The van der Waals surface area contributed by atoms with Gasteiger partial charge >= 0.3 is 0 Å². The van der Waals surface area contributed by atoms with E-state index in [1.807, 2.05) is 18.2 Å². The minimum Gasteiger partial charge on any atom is -0.255 e. The summed E-state index contributed by atoms with van der Waals surface area (Å²) in [7, 11) is 0. The van der Waals surface area contributed by atoms with Gasteiger partial charge in [-0.25, -0.2) is 0 Å². The second-order valence-corrected chi connectivity index (χ2v) is 4.49. The molecule has 0 aromatic carbocycles. The summed E-state index contributed by atoms with van der Waals surface area (Å²) in [4.78, 5) is 8.83. The molecular weight excluding hydrogens is 172 g/mol. The summed E-state index contributed by atoms with van der Waals surface area (Å²) in [6.45, 7) is 6.49. The highest BCUT2D eigenvalue weighted by molar-refractivity contribution is 5.73. The molecule has 0 spiro atoms. The highest BCUT2D eigenvalue weighted by Gasteiger charge is 2.15. The van der Waals surface area contributed by atoms with Crippen LogP contribution in [0.25, 0.3) is 11.0 Å². The molecule has 0 radical (unpaired) electrons. The molecule has 0 aliphatic rings. The zero-order valence-electron chi connectivity index (χ0n) is 8.78. The van der Waals surface area contributed by atoms with Gasteiger partial charge < -0.3 is 0 Å². The molecule has 0 saturated carbocycles. The van der Waals surface area contributed by atoms with Crippen LogP contribution in [0.3, 0.4) is 0 Å². The van der Waals surface area contributed by atoms with Crippen molar-refractivity contribution < 1.29 is 0 Å². The molecule has 2 heteroatoms. The Balaban J connectivity index is 2.63. The highest BCUT2D eigenvalue weighted by Crippen LogP contribution is 2.21. The molecule has 0 atom stereocenters. The molecule has 0 saturated heterocycles. The summed E-state index contributed by atoms with van der Waals surface area (Å²) in [5, 5.41) is 0. The summed E-state index contributed by atoms with van der Waals surface area (Å²) in [5.74, 6) is 0. The number of pyridine rings is 2. The maximum atomic E-state index is 4.58. The van der Waals surface area contributed by atoms with Crippen LogP contribution in [0.15, 0.2) is 30.5 Å². The third-order valence-corrected chi connectivity index (χ3v) is 2.22. The first kappa shape index (κ1) is 9.13. The van der Waals surface area contributed by atoms with Gasteiger partial charge in [-0.05, 0) is 24.3 Å². The van der Waals surface area contributed by atoms with Gasteiger partial charge in [-0.1, -0.05) is 20.8 Å².